The van der Waals surface area contributed by atoms with E-state index in [2.05, 4.69) is 6.92 Å². The van der Waals surface area contributed by atoms with E-state index in [4.69, 9.17) is 23.6 Å². The van der Waals surface area contributed by atoms with Gasteiger partial charge in [-0.25, -0.2) is 4.57 Å². The molecule has 0 amide bonds. The molecule has 2 aromatic carbocycles. The number of unbranched alkanes of at least 4 members (excludes halogenated alkanes) is 6. The van der Waals surface area contributed by atoms with Gasteiger partial charge in [0.1, 0.15) is 0 Å². The zero-order valence-electron chi connectivity index (χ0n) is 18.2. The average molecular weight is 436 g/mol. The van der Waals surface area contributed by atoms with Crippen LogP contribution < -0.4 is 9.78 Å². The van der Waals surface area contributed by atoms with Gasteiger partial charge in [-0.05, 0) is 44.5 Å². The minimum atomic E-state index is -4.08. The van der Waals surface area contributed by atoms with Crippen LogP contribution in [0.15, 0.2) is 48.5 Å². The lowest BCUT2D eigenvalue weighted by Crippen LogP contribution is -2.07. The molecule has 0 heterocycles. The first kappa shape index (κ1) is 24.4. The number of phosphoric acid groups is 1. The molecule has 0 atom stereocenters. The third kappa shape index (κ3) is 9.77. The molecule has 0 bridgehead atoms. The average Bonchev–Trinajstić information content (AvgIpc) is 2.75. The van der Waals surface area contributed by atoms with Crippen LogP contribution in [0, 0.1) is 13.8 Å². The highest BCUT2D eigenvalue weighted by Crippen LogP contribution is 2.50. The van der Waals surface area contributed by atoms with Crippen molar-refractivity contribution in [2.45, 2.75) is 65.7 Å². The Labute approximate surface area is 179 Å². The molecule has 0 radical (unpaired) electrons. The zero-order valence-corrected chi connectivity index (χ0v) is 19.1. The van der Waals surface area contributed by atoms with Gasteiger partial charge in [0.25, 0.3) is 0 Å². The van der Waals surface area contributed by atoms with Crippen LogP contribution in [0.2, 0.25) is 0 Å². The molecule has 7 heteroatoms. The second-order valence-electron chi connectivity index (χ2n) is 7.34. The Morgan fingerprint density at radius 1 is 0.667 bits per heavy atom. The minimum absolute atomic E-state index is 0.222. The van der Waals surface area contributed by atoms with Crippen molar-refractivity contribution in [2.75, 3.05) is 6.61 Å². The SMILES string of the molecule is CCCCCCCCCOP(=O)(OOc1ccc(C)cc1)OOc1ccc(C)cc1. The van der Waals surface area contributed by atoms with Crippen molar-refractivity contribution in [3.05, 3.63) is 59.7 Å². The van der Waals surface area contributed by atoms with E-state index in [9.17, 15) is 4.57 Å². The van der Waals surface area contributed by atoms with Gasteiger partial charge >= 0.3 is 7.82 Å². The highest BCUT2D eigenvalue weighted by molar-refractivity contribution is 7.48. The lowest BCUT2D eigenvalue weighted by atomic mass is 10.1. The summed E-state index contributed by atoms with van der Waals surface area (Å²) in [5, 5.41) is 0. The van der Waals surface area contributed by atoms with Gasteiger partial charge in [-0.1, -0.05) is 90.2 Å². The summed E-state index contributed by atoms with van der Waals surface area (Å²) < 4.78 is 28.5. The molecule has 2 aromatic rings. The number of hydrogen-bond donors (Lipinski definition) is 0. The number of rotatable bonds is 15. The first-order valence-electron chi connectivity index (χ1n) is 10.6. The molecule has 0 saturated heterocycles. The third-order valence-electron chi connectivity index (χ3n) is 4.49. The van der Waals surface area contributed by atoms with Gasteiger partial charge in [-0.15, -0.1) is 0 Å². The molecule has 0 saturated carbocycles. The Kier molecular flexibility index (Phi) is 11.0. The van der Waals surface area contributed by atoms with E-state index in [0.717, 1.165) is 30.4 Å². The van der Waals surface area contributed by atoms with E-state index in [-0.39, 0.29) is 6.61 Å². The monoisotopic (exact) mass is 436 g/mol. The van der Waals surface area contributed by atoms with Crippen LogP contribution in [0.5, 0.6) is 11.5 Å². The number of aryl methyl sites for hydroxylation is 2. The van der Waals surface area contributed by atoms with E-state index in [1.807, 2.05) is 38.1 Å². The fraction of sp³-hybridized carbons (Fsp3) is 0.478. The maximum absolute atomic E-state index is 13.0. The summed E-state index contributed by atoms with van der Waals surface area (Å²) in [7, 11) is -4.08. The first-order valence-corrected chi connectivity index (χ1v) is 12.1. The highest BCUT2D eigenvalue weighted by Gasteiger charge is 2.32. The lowest BCUT2D eigenvalue weighted by Gasteiger charge is -2.16. The zero-order chi connectivity index (χ0) is 21.7. The fourth-order valence-corrected chi connectivity index (χ4v) is 3.47. The summed E-state index contributed by atoms with van der Waals surface area (Å²) in [4.78, 5) is 10.3. The van der Waals surface area contributed by atoms with Crippen LogP contribution in [0.1, 0.15) is 63.0 Å². The molecule has 0 unspecified atom stereocenters. The van der Waals surface area contributed by atoms with E-state index in [0.29, 0.717) is 11.5 Å². The maximum atomic E-state index is 13.0. The Morgan fingerprint density at radius 2 is 1.10 bits per heavy atom. The minimum Gasteiger partial charge on any atom is -0.327 e. The van der Waals surface area contributed by atoms with Gasteiger partial charge in [0.2, 0.25) is 0 Å². The normalized spacial score (nSPS) is 11.4. The molecule has 0 fully saturated rings. The van der Waals surface area contributed by atoms with E-state index < -0.39 is 7.82 Å². The molecule has 166 valence electrons. The number of hydrogen-bond acceptors (Lipinski definition) is 6. The van der Waals surface area contributed by atoms with E-state index in [1.165, 1.54) is 25.7 Å². The highest BCUT2D eigenvalue weighted by atomic mass is 31.2. The molecule has 0 aliphatic heterocycles. The van der Waals surface area contributed by atoms with Gasteiger partial charge in [0.15, 0.2) is 11.5 Å². The molecule has 0 aliphatic rings. The van der Waals surface area contributed by atoms with Crippen LogP contribution in [0.4, 0.5) is 0 Å². The molecule has 2 rings (SSSR count). The smallest absolute Gasteiger partial charge is 0.327 e. The maximum Gasteiger partial charge on any atom is 0.547 e. The molecular formula is C23H33O6P. The van der Waals surface area contributed by atoms with Crippen molar-refractivity contribution < 1.29 is 28.2 Å². The van der Waals surface area contributed by atoms with Crippen molar-refractivity contribution in [2.24, 2.45) is 0 Å². The summed E-state index contributed by atoms with van der Waals surface area (Å²) in [6.07, 6.45) is 7.79. The van der Waals surface area contributed by atoms with Crippen LogP contribution in [-0.4, -0.2) is 6.61 Å². The summed E-state index contributed by atoms with van der Waals surface area (Å²) in [6, 6.07) is 14.2. The van der Waals surface area contributed by atoms with Crippen molar-refractivity contribution in [1.82, 2.24) is 0 Å². The van der Waals surface area contributed by atoms with Gasteiger partial charge in [0, 0.05) is 0 Å². The largest absolute Gasteiger partial charge is 0.547 e. The summed E-state index contributed by atoms with van der Waals surface area (Å²) in [5.74, 6) is 0.776. The number of benzene rings is 2. The van der Waals surface area contributed by atoms with Gasteiger partial charge < -0.3 is 9.78 Å². The van der Waals surface area contributed by atoms with Crippen LogP contribution in [0.3, 0.4) is 0 Å². The quantitative estimate of drug-likeness (QED) is 0.125. The second kappa shape index (κ2) is 13.5. The van der Waals surface area contributed by atoms with Gasteiger partial charge in [-0.3, -0.25) is 4.52 Å². The predicted octanol–water partition coefficient (Wildman–Crippen LogP) is 7.50. The fourth-order valence-electron chi connectivity index (χ4n) is 2.66. The van der Waals surface area contributed by atoms with Crippen LogP contribution >= 0.6 is 7.82 Å². The van der Waals surface area contributed by atoms with Gasteiger partial charge in [-0.2, -0.15) is 0 Å². The molecule has 6 nitrogen and oxygen atoms in total. The summed E-state index contributed by atoms with van der Waals surface area (Å²) >= 11 is 0. The third-order valence-corrected chi connectivity index (χ3v) is 5.50. The summed E-state index contributed by atoms with van der Waals surface area (Å²) in [5.41, 5.74) is 2.14. The Hall–Kier alpha value is -1.85. The van der Waals surface area contributed by atoms with E-state index >= 15 is 0 Å². The summed E-state index contributed by atoms with van der Waals surface area (Å²) in [6.45, 7) is 6.33. The molecule has 0 aromatic heterocycles. The lowest BCUT2D eigenvalue weighted by molar-refractivity contribution is -0.192. The topological polar surface area (TPSA) is 63.2 Å². The van der Waals surface area contributed by atoms with Crippen LogP contribution in [-0.2, 0) is 18.4 Å². The van der Waals surface area contributed by atoms with Crippen molar-refractivity contribution >= 4 is 7.82 Å². The Bertz CT molecular complexity index is 707. The Morgan fingerprint density at radius 3 is 1.57 bits per heavy atom. The standard InChI is InChI=1S/C23H33O6P/c1-4-5-6-7-8-9-10-19-25-30(24,28-26-22-15-11-20(2)12-16-22)29-27-23-17-13-21(3)14-18-23/h11-18H,4-10,19H2,1-3H3. The Balaban J connectivity index is 1.85. The molecular weight excluding hydrogens is 403 g/mol. The molecule has 30 heavy (non-hydrogen) atoms. The molecule has 0 N–H and O–H groups in total. The predicted molar refractivity (Wildman–Crippen MR) is 117 cm³/mol. The van der Waals surface area contributed by atoms with Crippen molar-refractivity contribution in [3.8, 4) is 11.5 Å². The first-order chi connectivity index (χ1) is 14.5. The van der Waals surface area contributed by atoms with Crippen molar-refractivity contribution in [3.63, 3.8) is 0 Å². The van der Waals surface area contributed by atoms with Gasteiger partial charge in [0.05, 0.1) is 6.61 Å². The second-order valence-corrected chi connectivity index (χ2v) is 8.79. The molecule has 0 spiro atoms. The van der Waals surface area contributed by atoms with Crippen molar-refractivity contribution in [1.29, 1.82) is 0 Å². The van der Waals surface area contributed by atoms with E-state index in [1.54, 1.807) is 24.3 Å². The molecule has 0 aliphatic carbocycles. The van der Waals surface area contributed by atoms with Crippen LogP contribution in [0.25, 0.3) is 0 Å².